The van der Waals surface area contributed by atoms with Crippen LogP contribution in [0.3, 0.4) is 0 Å². The number of likely N-dealkylation sites (tertiary alicyclic amines) is 1. The van der Waals surface area contributed by atoms with Crippen LogP contribution < -0.4 is 10.6 Å². The van der Waals surface area contributed by atoms with Crippen molar-refractivity contribution >= 4 is 5.57 Å². The summed E-state index contributed by atoms with van der Waals surface area (Å²) in [6.07, 6.45) is 4.01. The summed E-state index contributed by atoms with van der Waals surface area (Å²) in [4.78, 5) is 7.12. The van der Waals surface area contributed by atoms with Crippen LogP contribution in [-0.4, -0.2) is 31.1 Å². The van der Waals surface area contributed by atoms with Gasteiger partial charge in [0.05, 0.1) is 11.9 Å². The van der Waals surface area contributed by atoms with E-state index < -0.39 is 0 Å². The summed E-state index contributed by atoms with van der Waals surface area (Å²) in [5.74, 6) is 0. The maximum Gasteiger partial charge on any atom is 0.0651 e. The Labute approximate surface area is 96.3 Å². The number of piperidine rings is 1. The molecule has 0 amide bonds. The Balaban J connectivity index is 2.06. The van der Waals surface area contributed by atoms with Gasteiger partial charge in [0.25, 0.3) is 0 Å². The highest BCUT2D eigenvalue weighted by atomic mass is 15.1. The van der Waals surface area contributed by atoms with Gasteiger partial charge in [0, 0.05) is 11.3 Å². The number of nitrogens with zero attached hydrogens (tertiary/aromatic N) is 2. The highest BCUT2D eigenvalue weighted by Gasteiger charge is 2.24. The van der Waals surface area contributed by atoms with Gasteiger partial charge in [0.15, 0.2) is 0 Å². The first-order valence-electron chi connectivity index (χ1n) is 6.19. The number of hydrogen-bond donors (Lipinski definition) is 0. The molecule has 2 aliphatic heterocycles. The first-order chi connectivity index (χ1) is 7.86. The second-order valence-electron chi connectivity index (χ2n) is 4.85. The van der Waals surface area contributed by atoms with E-state index in [2.05, 4.69) is 41.2 Å². The first-order valence-corrected chi connectivity index (χ1v) is 6.19. The van der Waals surface area contributed by atoms with Crippen molar-refractivity contribution < 1.29 is 0 Å². The van der Waals surface area contributed by atoms with Crippen LogP contribution in [0.5, 0.6) is 0 Å². The molecule has 1 aromatic rings. The molecule has 2 nitrogen and oxygen atoms in total. The van der Waals surface area contributed by atoms with Gasteiger partial charge in [-0.25, -0.2) is 0 Å². The van der Waals surface area contributed by atoms with Gasteiger partial charge in [0.2, 0.25) is 0 Å². The van der Waals surface area contributed by atoms with Crippen molar-refractivity contribution in [2.24, 2.45) is 4.99 Å². The van der Waals surface area contributed by atoms with E-state index in [4.69, 9.17) is 0 Å². The summed E-state index contributed by atoms with van der Waals surface area (Å²) in [5, 5.41) is 2.58. The van der Waals surface area contributed by atoms with Crippen molar-refractivity contribution in [1.29, 1.82) is 0 Å². The second kappa shape index (κ2) is 4.02. The predicted molar refractivity (Wildman–Crippen MR) is 65.8 cm³/mol. The Kier molecular flexibility index (Phi) is 2.52. The van der Waals surface area contributed by atoms with E-state index in [1.54, 1.807) is 0 Å². The highest BCUT2D eigenvalue weighted by molar-refractivity contribution is 5.54. The standard InChI is InChI=1S/C14H18N2/c1-16-9-5-4-8-14(16)12-10-15-13-7-3-2-6-11(12)13/h2-3,6-7,14H,4-5,8-10H2,1H3/t14-/m1/s1. The van der Waals surface area contributed by atoms with Crippen molar-refractivity contribution in [3.05, 3.63) is 34.8 Å². The normalized spacial score (nSPS) is 25.3. The minimum Gasteiger partial charge on any atom is -0.300 e. The molecule has 0 aromatic heterocycles. The SMILES string of the molecule is CN1CCCC[C@@H]1C1=c2ccccc2=NC1. The van der Waals surface area contributed by atoms with Gasteiger partial charge in [-0.15, -0.1) is 0 Å². The number of fused-ring (bicyclic) bond motifs is 1. The van der Waals surface area contributed by atoms with Crippen LogP contribution in [0.2, 0.25) is 0 Å². The maximum atomic E-state index is 4.63. The van der Waals surface area contributed by atoms with Crippen molar-refractivity contribution in [2.45, 2.75) is 25.3 Å². The molecule has 0 aliphatic carbocycles. The zero-order valence-electron chi connectivity index (χ0n) is 9.82. The van der Waals surface area contributed by atoms with Crippen molar-refractivity contribution in [3.8, 4) is 0 Å². The molecular formula is C14H18N2. The lowest BCUT2D eigenvalue weighted by Crippen LogP contribution is -2.40. The number of benzene rings is 1. The molecule has 0 N–H and O–H groups in total. The zero-order valence-corrected chi connectivity index (χ0v) is 9.82. The lowest BCUT2D eigenvalue weighted by molar-refractivity contribution is 0.227. The molecule has 2 aliphatic rings. The highest BCUT2D eigenvalue weighted by Crippen LogP contribution is 2.22. The van der Waals surface area contributed by atoms with Crippen molar-refractivity contribution in [2.75, 3.05) is 20.1 Å². The topological polar surface area (TPSA) is 15.6 Å². The fourth-order valence-electron chi connectivity index (χ4n) is 2.94. The van der Waals surface area contributed by atoms with E-state index >= 15 is 0 Å². The summed E-state index contributed by atoms with van der Waals surface area (Å²) >= 11 is 0. The Morgan fingerprint density at radius 2 is 2.12 bits per heavy atom. The van der Waals surface area contributed by atoms with Gasteiger partial charge in [-0.05, 0) is 38.1 Å². The number of para-hydroxylation sites is 1. The lowest BCUT2D eigenvalue weighted by Gasteiger charge is -2.33. The van der Waals surface area contributed by atoms with E-state index in [0.717, 1.165) is 6.54 Å². The molecule has 2 heterocycles. The fraction of sp³-hybridized carbons (Fsp3) is 0.500. The number of hydrogen-bond acceptors (Lipinski definition) is 2. The van der Waals surface area contributed by atoms with Crippen molar-refractivity contribution in [1.82, 2.24) is 4.90 Å². The maximum absolute atomic E-state index is 4.63. The molecule has 0 spiro atoms. The molecule has 3 rings (SSSR count). The Morgan fingerprint density at radius 3 is 3.00 bits per heavy atom. The van der Waals surface area contributed by atoms with Crippen LogP contribution in [0.1, 0.15) is 19.3 Å². The Hall–Kier alpha value is -1.15. The van der Waals surface area contributed by atoms with E-state index in [1.807, 2.05) is 0 Å². The second-order valence-corrected chi connectivity index (χ2v) is 4.85. The molecule has 0 bridgehead atoms. The average Bonchev–Trinajstić information content (AvgIpc) is 2.74. The molecule has 16 heavy (non-hydrogen) atoms. The van der Waals surface area contributed by atoms with Gasteiger partial charge < -0.3 is 0 Å². The molecule has 1 saturated heterocycles. The Morgan fingerprint density at radius 1 is 1.25 bits per heavy atom. The van der Waals surface area contributed by atoms with Gasteiger partial charge in [0.1, 0.15) is 0 Å². The summed E-state index contributed by atoms with van der Waals surface area (Å²) in [5.41, 5.74) is 1.54. The van der Waals surface area contributed by atoms with Gasteiger partial charge in [-0.3, -0.25) is 9.89 Å². The minimum atomic E-state index is 0.626. The minimum absolute atomic E-state index is 0.626. The molecular weight excluding hydrogens is 196 g/mol. The number of rotatable bonds is 1. The molecule has 1 aromatic carbocycles. The third kappa shape index (κ3) is 1.57. The smallest absolute Gasteiger partial charge is 0.0651 e. The molecule has 0 unspecified atom stereocenters. The lowest BCUT2D eigenvalue weighted by atomic mass is 9.95. The Bertz CT molecular complexity index is 504. The third-order valence-corrected chi connectivity index (χ3v) is 3.84. The monoisotopic (exact) mass is 214 g/mol. The molecule has 0 radical (unpaired) electrons. The average molecular weight is 214 g/mol. The van der Waals surface area contributed by atoms with E-state index in [1.165, 1.54) is 42.0 Å². The summed E-state index contributed by atoms with van der Waals surface area (Å²) in [6, 6.07) is 9.19. The predicted octanol–water partition coefficient (Wildman–Crippen LogP) is 0.955. The quantitative estimate of drug-likeness (QED) is 0.680. The van der Waals surface area contributed by atoms with Crippen LogP contribution in [0.15, 0.2) is 29.3 Å². The molecule has 84 valence electrons. The van der Waals surface area contributed by atoms with Gasteiger partial charge in [-0.1, -0.05) is 24.6 Å². The molecule has 0 saturated carbocycles. The largest absolute Gasteiger partial charge is 0.300 e. The summed E-state index contributed by atoms with van der Waals surface area (Å²) < 4.78 is 0. The van der Waals surface area contributed by atoms with E-state index in [9.17, 15) is 0 Å². The van der Waals surface area contributed by atoms with Crippen LogP contribution in [-0.2, 0) is 0 Å². The van der Waals surface area contributed by atoms with Crippen LogP contribution in [0, 0.1) is 0 Å². The third-order valence-electron chi connectivity index (χ3n) is 3.84. The first kappa shape index (κ1) is 10.0. The van der Waals surface area contributed by atoms with Crippen LogP contribution in [0.4, 0.5) is 0 Å². The van der Waals surface area contributed by atoms with Crippen LogP contribution in [0.25, 0.3) is 5.57 Å². The summed E-state index contributed by atoms with van der Waals surface area (Å²) in [6.45, 7) is 2.14. The molecule has 2 heteroatoms. The van der Waals surface area contributed by atoms with E-state index in [0.29, 0.717) is 6.04 Å². The zero-order chi connectivity index (χ0) is 11.0. The van der Waals surface area contributed by atoms with E-state index in [-0.39, 0.29) is 0 Å². The fourth-order valence-corrected chi connectivity index (χ4v) is 2.94. The van der Waals surface area contributed by atoms with Gasteiger partial charge >= 0.3 is 0 Å². The molecule has 1 atom stereocenters. The van der Waals surface area contributed by atoms with Gasteiger partial charge in [-0.2, -0.15) is 0 Å². The molecule has 1 fully saturated rings. The van der Waals surface area contributed by atoms with Crippen molar-refractivity contribution in [3.63, 3.8) is 0 Å². The summed E-state index contributed by atoms with van der Waals surface area (Å²) in [7, 11) is 2.25. The van der Waals surface area contributed by atoms with Crippen LogP contribution >= 0.6 is 0 Å².